The average Bonchev–Trinajstić information content (AvgIpc) is 3.51. The van der Waals surface area contributed by atoms with E-state index in [1.165, 1.54) is 30.4 Å². The van der Waals surface area contributed by atoms with Gasteiger partial charge >= 0.3 is 0 Å². The molecule has 0 saturated heterocycles. The molecule has 0 fully saturated rings. The van der Waals surface area contributed by atoms with Crippen LogP contribution in [0, 0.1) is 11.8 Å². The summed E-state index contributed by atoms with van der Waals surface area (Å²) in [6.07, 6.45) is 12.3. The Hall–Kier alpha value is -3.99. The van der Waals surface area contributed by atoms with E-state index in [0.29, 0.717) is 6.79 Å². The summed E-state index contributed by atoms with van der Waals surface area (Å²) in [6, 6.07) is 24.4. The Morgan fingerprint density at radius 1 is 0.756 bits per heavy atom. The Labute approximate surface area is 271 Å². The van der Waals surface area contributed by atoms with E-state index in [0.717, 1.165) is 72.7 Å². The smallest absolute Gasteiger partial charge is 0.231 e. The molecule has 3 aromatic carbocycles. The summed E-state index contributed by atoms with van der Waals surface area (Å²) >= 11 is 0. The fourth-order valence-corrected chi connectivity index (χ4v) is 4.73. The van der Waals surface area contributed by atoms with E-state index in [1.54, 1.807) is 0 Å². The molecule has 0 aliphatic carbocycles. The lowest BCUT2D eigenvalue weighted by atomic mass is 9.86. The summed E-state index contributed by atoms with van der Waals surface area (Å²) in [7, 11) is 0. The third-order valence-corrected chi connectivity index (χ3v) is 7.46. The highest BCUT2D eigenvalue weighted by Gasteiger charge is 2.14. The van der Waals surface area contributed by atoms with E-state index in [9.17, 15) is 14.4 Å². The van der Waals surface area contributed by atoms with Crippen LogP contribution in [-0.2, 0) is 32.6 Å². The van der Waals surface area contributed by atoms with Crippen LogP contribution in [0.2, 0.25) is 0 Å². The zero-order chi connectivity index (χ0) is 33.1. The average molecular weight is 613 g/mol. The van der Waals surface area contributed by atoms with Crippen LogP contribution in [0.4, 0.5) is 0 Å². The summed E-state index contributed by atoms with van der Waals surface area (Å²) in [5.41, 5.74) is 5.90. The van der Waals surface area contributed by atoms with Gasteiger partial charge in [-0.15, -0.1) is 0 Å². The van der Waals surface area contributed by atoms with Gasteiger partial charge in [-0.25, -0.2) is 0 Å². The van der Waals surface area contributed by atoms with Crippen LogP contribution in [0.15, 0.2) is 78.4 Å². The zero-order valence-corrected chi connectivity index (χ0v) is 28.1. The molecule has 0 amide bonds. The number of ether oxygens (including phenoxy) is 2. The van der Waals surface area contributed by atoms with Gasteiger partial charge in [0.25, 0.3) is 0 Å². The molecule has 1 aliphatic heterocycles. The van der Waals surface area contributed by atoms with Crippen molar-refractivity contribution in [2.45, 2.75) is 91.9 Å². The fourth-order valence-electron chi connectivity index (χ4n) is 4.73. The van der Waals surface area contributed by atoms with Gasteiger partial charge in [0.15, 0.2) is 11.5 Å². The van der Waals surface area contributed by atoms with Gasteiger partial charge in [0.2, 0.25) is 6.79 Å². The summed E-state index contributed by atoms with van der Waals surface area (Å²) in [4.78, 5) is 31.9. The van der Waals surface area contributed by atoms with E-state index >= 15 is 0 Å². The topological polar surface area (TPSA) is 69.7 Å². The number of hydrogen-bond acceptors (Lipinski definition) is 5. The molecular weight excluding hydrogens is 560 g/mol. The van der Waals surface area contributed by atoms with Crippen LogP contribution >= 0.6 is 0 Å². The molecule has 0 spiro atoms. The molecule has 4 rings (SSSR count). The number of fused-ring (bicyclic) bond motifs is 1. The Morgan fingerprint density at radius 3 is 1.93 bits per heavy atom. The first-order chi connectivity index (χ1) is 21.6. The number of carbonyl (C=O) groups is 3. The molecule has 0 bridgehead atoms. The SMILES string of the molecule is CC(C=O)Cc1ccc(C(C)(C)C)cc1.CC(C=O)Cc1ccc2c(c1)OCO2.CCCCCC/C(C=O)=C\c1ccccc1. The molecular formula is C40H52O5. The lowest BCUT2D eigenvalue weighted by molar-refractivity contribution is -0.111. The van der Waals surface area contributed by atoms with Gasteiger partial charge in [-0.05, 0) is 77.1 Å². The van der Waals surface area contributed by atoms with E-state index in [4.69, 9.17) is 9.47 Å². The van der Waals surface area contributed by atoms with Crippen LogP contribution in [-0.4, -0.2) is 25.7 Å². The maximum Gasteiger partial charge on any atom is 0.231 e. The Balaban J connectivity index is 0.000000235. The molecule has 2 atom stereocenters. The number of carbonyl (C=O) groups excluding carboxylic acids is 3. The van der Waals surface area contributed by atoms with E-state index in [2.05, 4.69) is 52.0 Å². The van der Waals surface area contributed by atoms with Gasteiger partial charge in [-0.2, -0.15) is 0 Å². The molecule has 5 heteroatoms. The third kappa shape index (κ3) is 14.6. The van der Waals surface area contributed by atoms with E-state index in [1.807, 2.05) is 68.5 Å². The second kappa shape index (κ2) is 20.1. The van der Waals surface area contributed by atoms with Crippen molar-refractivity contribution < 1.29 is 23.9 Å². The van der Waals surface area contributed by atoms with Gasteiger partial charge in [0.1, 0.15) is 18.9 Å². The Morgan fingerprint density at radius 2 is 1.36 bits per heavy atom. The minimum Gasteiger partial charge on any atom is -0.454 e. The maximum atomic E-state index is 10.9. The first-order valence-corrected chi connectivity index (χ1v) is 16.2. The largest absolute Gasteiger partial charge is 0.454 e. The monoisotopic (exact) mass is 612 g/mol. The van der Waals surface area contributed by atoms with Crippen molar-refractivity contribution in [3.05, 3.63) is 101 Å². The summed E-state index contributed by atoms with van der Waals surface area (Å²) in [5.74, 6) is 1.73. The van der Waals surface area contributed by atoms with Crippen molar-refractivity contribution in [2.24, 2.45) is 11.8 Å². The van der Waals surface area contributed by atoms with Gasteiger partial charge in [-0.3, -0.25) is 4.79 Å². The Kier molecular flexibility index (Phi) is 16.6. The van der Waals surface area contributed by atoms with Crippen LogP contribution in [0.1, 0.15) is 95.9 Å². The number of unbranched alkanes of at least 4 members (excludes halogenated alkanes) is 3. The van der Waals surface area contributed by atoms with Crippen molar-refractivity contribution in [3.63, 3.8) is 0 Å². The highest BCUT2D eigenvalue weighted by molar-refractivity contribution is 5.81. The van der Waals surface area contributed by atoms with Crippen molar-refractivity contribution in [2.75, 3.05) is 6.79 Å². The van der Waals surface area contributed by atoms with Crippen LogP contribution in [0.25, 0.3) is 6.08 Å². The second-order valence-corrected chi connectivity index (χ2v) is 12.8. The second-order valence-electron chi connectivity index (χ2n) is 12.8. The molecule has 3 aromatic rings. The van der Waals surface area contributed by atoms with Crippen LogP contribution in [0.3, 0.4) is 0 Å². The van der Waals surface area contributed by atoms with E-state index in [-0.39, 0.29) is 17.3 Å². The molecule has 5 nitrogen and oxygen atoms in total. The highest BCUT2D eigenvalue weighted by Crippen LogP contribution is 2.33. The van der Waals surface area contributed by atoms with Crippen molar-refractivity contribution in [1.82, 2.24) is 0 Å². The number of rotatable bonds is 13. The minimum absolute atomic E-state index is 0.0513. The minimum atomic E-state index is 0.0513. The predicted molar refractivity (Wildman–Crippen MR) is 185 cm³/mol. The number of benzene rings is 3. The lowest BCUT2D eigenvalue weighted by Crippen LogP contribution is -2.11. The summed E-state index contributed by atoms with van der Waals surface area (Å²) in [6.45, 7) is 13.0. The van der Waals surface area contributed by atoms with Gasteiger partial charge in [0, 0.05) is 11.8 Å². The molecule has 0 aromatic heterocycles. The van der Waals surface area contributed by atoms with Gasteiger partial charge < -0.3 is 19.1 Å². The van der Waals surface area contributed by atoms with Gasteiger partial charge in [-0.1, -0.05) is 121 Å². The number of aldehydes is 3. The standard InChI is InChI=1S/C15H20O.C14H20O.C11H12O3/c1-2-3-4-6-11-15(13-16)12-14-9-7-5-8-10-14;1-11(10-15)9-12-5-7-13(8-6-12)14(2,3)4;1-8(6-12)4-9-2-3-10-11(5-9)14-7-13-10/h5,7-10,12-13H,2-4,6,11H2,1H3;5-8,10-11H,9H2,1-4H3;2-3,5-6,8H,4,7H2,1H3/b15-12+;;. The van der Waals surface area contributed by atoms with Crippen molar-refractivity contribution in [3.8, 4) is 11.5 Å². The quantitative estimate of drug-likeness (QED) is 0.109. The van der Waals surface area contributed by atoms with Gasteiger partial charge in [0.05, 0.1) is 0 Å². The Bertz CT molecular complexity index is 1320. The lowest BCUT2D eigenvalue weighted by Gasteiger charge is -2.19. The molecule has 45 heavy (non-hydrogen) atoms. The number of hydrogen-bond donors (Lipinski definition) is 0. The predicted octanol–water partition coefficient (Wildman–Crippen LogP) is 9.39. The zero-order valence-electron chi connectivity index (χ0n) is 28.1. The number of allylic oxidation sites excluding steroid dienone is 1. The molecule has 1 heterocycles. The molecule has 242 valence electrons. The summed E-state index contributed by atoms with van der Waals surface area (Å²) in [5, 5.41) is 0. The molecule has 0 radical (unpaired) electrons. The first kappa shape index (κ1) is 37.2. The van der Waals surface area contributed by atoms with Crippen LogP contribution < -0.4 is 9.47 Å². The maximum absolute atomic E-state index is 10.9. The molecule has 2 unspecified atom stereocenters. The molecule has 0 N–H and O–H groups in total. The molecule has 1 aliphatic rings. The van der Waals surface area contributed by atoms with Crippen molar-refractivity contribution >= 4 is 24.9 Å². The fraction of sp³-hybridized carbons (Fsp3) is 0.425. The molecule has 0 saturated carbocycles. The van der Waals surface area contributed by atoms with Crippen LogP contribution in [0.5, 0.6) is 11.5 Å². The first-order valence-electron chi connectivity index (χ1n) is 16.2. The highest BCUT2D eigenvalue weighted by atomic mass is 16.7. The third-order valence-electron chi connectivity index (χ3n) is 7.46. The van der Waals surface area contributed by atoms with Crippen molar-refractivity contribution in [1.29, 1.82) is 0 Å². The normalized spacial score (nSPS) is 13.3. The summed E-state index contributed by atoms with van der Waals surface area (Å²) < 4.78 is 10.4. The van der Waals surface area contributed by atoms with E-state index < -0.39 is 0 Å².